The van der Waals surface area contributed by atoms with Crippen molar-refractivity contribution in [1.29, 1.82) is 0 Å². The van der Waals surface area contributed by atoms with E-state index in [0.29, 0.717) is 6.54 Å². The fourth-order valence-corrected chi connectivity index (χ4v) is 3.24. The van der Waals surface area contributed by atoms with Gasteiger partial charge in [0.1, 0.15) is 0 Å². The molecule has 0 saturated carbocycles. The Bertz CT molecular complexity index is 427. The van der Waals surface area contributed by atoms with Gasteiger partial charge in [0.05, 0.1) is 4.75 Å². The molecule has 0 aliphatic rings. The van der Waals surface area contributed by atoms with Crippen molar-refractivity contribution in [3.8, 4) is 0 Å². The van der Waals surface area contributed by atoms with Gasteiger partial charge < -0.3 is 5.73 Å². The van der Waals surface area contributed by atoms with Gasteiger partial charge in [-0.1, -0.05) is 60.7 Å². The largest absolute Gasteiger partial charge is 0.330 e. The van der Waals surface area contributed by atoms with Crippen molar-refractivity contribution < 1.29 is 0 Å². The highest BCUT2D eigenvalue weighted by Gasteiger charge is 2.28. The minimum absolute atomic E-state index is 0.0259. The number of nitrogens with two attached hydrogens (primary N) is 1. The second-order valence-corrected chi connectivity index (χ2v) is 5.92. The van der Waals surface area contributed by atoms with Crippen LogP contribution in [0, 0.1) is 0 Å². The maximum absolute atomic E-state index is 5.67. The highest BCUT2D eigenvalue weighted by molar-refractivity contribution is 8.00. The van der Waals surface area contributed by atoms with Crippen molar-refractivity contribution in [3.63, 3.8) is 0 Å². The summed E-state index contributed by atoms with van der Waals surface area (Å²) >= 11 is 1.91. The van der Waals surface area contributed by atoms with Gasteiger partial charge in [0.25, 0.3) is 0 Å². The molecule has 0 unspecified atom stereocenters. The Morgan fingerprint density at radius 3 is 1.72 bits per heavy atom. The summed E-state index contributed by atoms with van der Waals surface area (Å²) in [5, 5.41) is 0. The number of hydrogen-bond acceptors (Lipinski definition) is 2. The minimum Gasteiger partial charge on any atom is -0.330 e. The van der Waals surface area contributed by atoms with E-state index in [1.807, 2.05) is 11.8 Å². The molecule has 0 heterocycles. The SMILES string of the molecule is CC(SCCN)(c1ccccc1)c1ccccc1. The Kier molecular flexibility index (Phi) is 4.45. The first kappa shape index (κ1) is 13.2. The average molecular weight is 257 g/mol. The maximum Gasteiger partial charge on any atom is 0.0629 e. The summed E-state index contributed by atoms with van der Waals surface area (Å²) in [7, 11) is 0. The van der Waals surface area contributed by atoms with E-state index >= 15 is 0 Å². The molecule has 0 spiro atoms. The van der Waals surface area contributed by atoms with Gasteiger partial charge in [0.15, 0.2) is 0 Å². The highest BCUT2D eigenvalue weighted by atomic mass is 32.2. The van der Waals surface area contributed by atoms with Gasteiger partial charge in [-0.15, -0.1) is 11.8 Å². The Balaban J connectivity index is 2.41. The lowest BCUT2D eigenvalue weighted by Gasteiger charge is -2.30. The van der Waals surface area contributed by atoms with Crippen molar-refractivity contribution >= 4 is 11.8 Å². The predicted octanol–water partition coefficient (Wildman–Crippen LogP) is 3.64. The van der Waals surface area contributed by atoms with Crippen molar-refractivity contribution in [2.45, 2.75) is 11.7 Å². The zero-order valence-corrected chi connectivity index (χ0v) is 11.5. The monoisotopic (exact) mass is 257 g/mol. The van der Waals surface area contributed by atoms with E-state index in [1.165, 1.54) is 11.1 Å². The summed E-state index contributed by atoms with van der Waals surface area (Å²) in [5.74, 6) is 0.959. The van der Waals surface area contributed by atoms with E-state index in [-0.39, 0.29) is 4.75 Å². The third kappa shape index (κ3) is 2.77. The van der Waals surface area contributed by atoms with E-state index in [1.54, 1.807) is 0 Å². The first-order chi connectivity index (χ1) is 8.77. The number of rotatable bonds is 5. The van der Waals surface area contributed by atoms with E-state index < -0.39 is 0 Å². The molecule has 0 saturated heterocycles. The molecule has 94 valence electrons. The van der Waals surface area contributed by atoms with Crippen LogP contribution in [0.2, 0.25) is 0 Å². The lowest BCUT2D eigenvalue weighted by molar-refractivity contribution is 0.836. The zero-order valence-electron chi connectivity index (χ0n) is 10.7. The summed E-state index contributed by atoms with van der Waals surface area (Å²) in [5.41, 5.74) is 8.33. The summed E-state index contributed by atoms with van der Waals surface area (Å²) in [6, 6.07) is 21.3. The predicted molar refractivity (Wildman–Crippen MR) is 80.9 cm³/mol. The van der Waals surface area contributed by atoms with Crippen molar-refractivity contribution in [1.82, 2.24) is 0 Å². The third-order valence-corrected chi connectivity index (χ3v) is 4.65. The number of hydrogen-bond donors (Lipinski definition) is 1. The molecule has 2 aromatic rings. The Labute approximate surface area is 113 Å². The summed E-state index contributed by atoms with van der Waals surface area (Å²) in [4.78, 5) is 0. The van der Waals surface area contributed by atoms with E-state index in [0.717, 1.165) is 5.75 Å². The molecule has 18 heavy (non-hydrogen) atoms. The summed E-state index contributed by atoms with van der Waals surface area (Å²) in [6.07, 6.45) is 0. The second-order valence-electron chi connectivity index (χ2n) is 4.40. The summed E-state index contributed by atoms with van der Waals surface area (Å²) < 4.78 is -0.0259. The molecule has 0 atom stereocenters. The fourth-order valence-electron chi connectivity index (χ4n) is 2.11. The topological polar surface area (TPSA) is 26.0 Å². The molecule has 2 rings (SSSR count). The van der Waals surface area contributed by atoms with Crippen LogP contribution in [0.1, 0.15) is 18.1 Å². The van der Waals surface area contributed by atoms with E-state index in [9.17, 15) is 0 Å². The molecule has 0 radical (unpaired) electrons. The van der Waals surface area contributed by atoms with Crippen LogP contribution in [-0.4, -0.2) is 12.3 Å². The van der Waals surface area contributed by atoms with Gasteiger partial charge in [-0.3, -0.25) is 0 Å². The maximum atomic E-state index is 5.67. The average Bonchev–Trinajstić information content (AvgIpc) is 2.46. The van der Waals surface area contributed by atoms with Crippen LogP contribution in [-0.2, 0) is 4.75 Å². The summed E-state index contributed by atoms with van der Waals surface area (Å²) in [6.45, 7) is 2.98. The molecule has 0 amide bonds. The molecule has 0 aliphatic heterocycles. The molecule has 0 aromatic heterocycles. The van der Waals surface area contributed by atoms with Gasteiger partial charge in [-0.25, -0.2) is 0 Å². The molecule has 0 fully saturated rings. The van der Waals surface area contributed by atoms with Crippen molar-refractivity contribution in [2.24, 2.45) is 5.73 Å². The van der Waals surface area contributed by atoms with Crippen LogP contribution in [0.4, 0.5) is 0 Å². The van der Waals surface area contributed by atoms with Crippen molar-refractivity contribution in [3.05, 3.63) is 71.8 Å². The number of benzene rings is 2. The standard InChI is InChI=1S/C16H19NS/c1-16(18-13-12-17,14-8-4-2-5-9-14)15-10-6-3-7-11-15/h2-11H,12-13,17H2,1H3. The quantitative estimate of drug-likeness (QED) is 0.885. The fraction of sp³-hybridized carbons (Fsp3) is 0.250. The lowest BCUT2D eigenvalue weighted by atomic mass is 9.92. The molecule has 2 N–H and O–H groups in total. The second kappa shape index (κ2) is 6.07. The Hall–Kier alpha value is -1.25. The minimum atomic E-state index is -0.0259. The van der Waals surface area contributed by atoms with Crippen molar-refractivity contribution in [2.75, 3.05) is 12.3 Å². The molecule has 2 heteroatoms. The molecular weight excluding hydrogens is 238 g/mol. The molecule has 2 aromatic carbocycles. The van der Waals surface area contributed by atoms with Crippen LogP contribution in [0.25, 0.3) is 0 Å². The molecule has 0 bridgehead atoms. The Morgan fingerprint density at radius 1 is 0.889 bits per heavy atom. The zero-order chi connectivity index (χ0) is 12.8. The van der Waals surface area contributed by atoms with Gasteiger partial charge in [-0.05, 0) is 18.1 Å². The smallest absolute Gasteiger partial charge is 0.0629 e. The van der Waals surface area contributed by atoms with Gasteiger partial charge in [0, 0.05) is 12.3 Å². The van der Waals surface area contributed by atoms with Crippen LogP contribution >= 0.6 is 11.8 Å². The van der Waals surface area contributed by atoms with Crippen LogP contribution in [0.5, 0.6) is 0 Å². The van der Waals surface area contributed by atoms with Crippen LogP contribution < -0.4 is 5.73 Å². The van der Waals surface area contributed by atoms with Crippen LogP contribution in [0.3, 0.4) is 0 Å². The Morgan fingerprint density at radius 2 is 1.33 bits per heavy atom. The van der Waals surface area contributed by atoms with E-state index in [4.69, 9.17) is 5.73 Å². The number of thioether (sulfide) groups is 1. The van der Waals surface area contributed by atoms with Gasteiger partial charge in [0.2, 0.25) is 0 Å². The van der Waals surface area contributed by atoms with E-state index in [2.05, 4.69) is 67.6 Å². The van der Waals surface area contributed by atoms with Gasteiger partial charge in [-0.2, -0.15) is 0 Å². The molecular formula is C16H19NS. The molecule has 1 nitrogen and oxygen atoms in total. The normalized spacial score (nSPS) is 11.4. The lowest BCUT2D eigenvalue weighted by Crippen LogP contribution is -2.21. The third-order valence-electron chi connectivity index (χ3n) is 3.16. The first-order valence-corrected chi connectivity index (χ1v) is 7.21. The highest BCUT2D eigenvalue weighted by Crippen LogP contribution is 2.41. The van der Waals surface area contributed by atoms with Gasteiger partial charge >= 0.3 is 0 Å². The first-order valence-electron chi connectivity index (χ1n) is 6.22. The molecule has 0 aliphatic carbocycles. The van der Waals surface area contributed by atoms with Crippen LogP contribution in [0.15, 0.2) is 60.7 Å².